The summed E-state index contributed by atoms with van der Waals surface area (Å²) in [7, 11) is 3.35. The third-order valence-electron chi connectivity index (χ3n) is 4.60. The topological polar surface area (TPSA) is 44.2 Å². The van der Waals surface area contributed by atoms with Gasteiger partial charge in [-0.1, -0.05) is 0 Å². The van der Waals surface area contributed by atoms with E-state index < -0.39 is 18.4 Å². The van der Waals surface area contributed by atoms with E-state index in [1.54, 1.807) is 20.3 Å². The van der Waals surface area contributed by atoms with E-state index >= 15 is 0 Å². The summed E-state index contributed by atoms with van der Waals surface area (Å²) in [6, 6.07) is 1.79. The molecular weight excluding hydrogens is 395 g/mol. The molecule has 1 rings (SSSR count). The van der Waals surface area contributed by atoms with Gasteiger partial charge in [-0.05, 0) is 0 Å². The van der Waals surface area contributed by atoms with Crippen molar-refractivity contribution in [2.75, 3.05) is 14.2 Å². The van der Waals surface area contributed by atoms with Gasteiger partial charge >= 0.3 is 146 Å². The number of hydrogen-bond acceptors (Lipinski definition) is 4. The van der Waals surface area contributed by atoms with Crippen LogP contribution in [0.1, 0.15) is 59.3 Å². The van der Waals surface area contributed by atoms with Gasteiger partial charge < -0.3 is 0 Å². The second-order valence-corrected chi connectivity index (χ2v) is 19.2. The molecule has 0 aliphatic rings. The molecule has 1 heterocycles. The quantitative estimate of drug-likeness (QED) is 0.458. The van der Waals surface area contributed by atoms with Crippen LogP contribution < -0.4 is 13.3 Å². The molecule has 0 unspecified atom stereocenters. The molecule has 0 fully saturated rings. The van der Waals surface area contributed by atoms with Gasteiger partial charge in [0.25, 0.3) is 0 Å². The number of hydrogen-bond donors (Lipinski definition) is 0. The molecule has 0 aliphatic heterocycles. The van der Waals surface area contributed by atoms with E-state index in [4.69, 9.17) is 19.4 Å². The number of aromatic nitrogens is 2. The first-order valence-corrected chi connectivity index (χ1v) is 16.6. The molecule has 0 amide bonds. The van der Waals surface area contributed by atoms with Gasteiger partial charge in [-0.15, -0.1) is 0 Å². The molecule has 1 aromatic rings. The summed E-state index contributed by atoms with van der Waals surface area (Å²) < 4.78 is 16.0. The molecule has 132 valence electrons. The van der Waals surface area contributed by atoms with Crippen molar-refractivity contribution in [3.05, 3.63) is 6.07 Å². The van der Waals surface area contributed by atoms with Crippen molar-refractivity contribution in [2.24, 2.45) is 0 Å². The molecule has 4 nitrogen and oxygen atoms in total. The van der Waals surface area contributed by atoms with Gasteiger partial charge in [0.1, 0.15) is 0 Å². The van der Waals surface area contributed by atoms with Crippen LogP contribution in [0.3, 0.4) is 0 Å². The zero-order valence-electron chi connectivity index (χ0n) is 15.7. The Morgan fingerprint density at radius 1 is 0.783 bits per heavy atom. The van der Waals surface area contributed by atoms with Crippen LogP contribution in [0, 0.1) is 0 Å². The summed E-state index contributed by atoms with van der Waals surface area (Å²) >= 11 is -2.61. The summed E-state index contributed by atoms with van der Waals surface area (Å²) in [6.07, 6.45) is 7.64. The molecule has 0 radical (unpaired) electrons. The maximum atomic E-state index is 5.41. The molecule has 0 aliphatic carbocycles. The Morgan fingerprint density at radius 3 is 1.48 bits per heavy atom. The van der Waals surface area contributed by atoms with Crippen LogP contribution in [0.5, 0.6) is 11.8 Å². The van der Waals surface area contributed by atoms with Crippen LogP contribution >= 0.6 is 0 Å². The monoisotopic (exact) mass is 430 g/mol. The van der Waals surface area contributed by atoms with Crippen molar-refractivity contribution < 1.29 is 9.47 Å². The SMILES string of the molecule is CCC[CH2][Sn]([CH2]CCC)([CH2]CCC)[c]1nc(OC)cc(OC)n1. The molecule has 0 saturated heterocycles. The predicted molar refractivity (Wildman–Crippen MR) is 99.7 cm³/mol. The van der Waals surface area contributed by atoms with Crippen molar-refractivity contribution >= 4 is 22.2 Å². The van der Waals surface area contributed by atoms with E-state index in [1.807, 2.05) is 0 Å². The number of ether oxygens (including phenoxy) is 2. The molecule has 1 aromatic heterocycles. The zero-order chi connectivity index (χ0) is 17.1. The second kappa shape index (κ2) is 11.1. The molecule has 0 atom stereocenters. The van der Waals surface area contributed by atoms with Gasteiger partial charge in [0.2, 0.25) is 0 Å². The normalized spacial score (nSPS) is 11.5. The van der Waals surface area contributed by atoms with Crippen molar-refractivity contribution in [3.63, 3.8) is 0 Å². The summed E-state index contributed by atoms with van der Waals surface area (Å²) in [5, 5.41) is 0. The second-order valence-electron chi connectivity index (χ2n) is 6.37. The fourth-order valence-electron chi connectivity index (χ4n) is 3.11. The molecule has 0 spiro atoms. The minimum absolute atomic E-state index is 0.650. The van der Waals surface area contributed by atoms with E-state index in [9.17, 15) is 0 Å². The minimum atomic E-state index is -2.61. The Labute approximate surface area is 146 Å². The Bertz CT molecular complexity index is 411. The molecule has 0 saturated carbocycles. The predicted octanol–water partition coefficient (Wildman–Crippen LogP) is 4.55. The fourth-order valence-corrected chi connectivity index (χ4v) is 18.0. The van der Waals surface area contributed by atoms with Crippen LogP contribution in [0.15, 0.2) is 6.07 Å². The van der Waals surface area contributed by atoms with E-state index in [0.29, 0.717) is 11.8 Å². The molecule has 0 bridgehead atoms. The first kappa shape index (κ1) is 20.5. The number of rotatable bonds is 12. The van der Waals surface area contributed by atoms with Gasteiger partial charge in [0.15, 0.2) is 0 Å². The van der Waals surface area contributed by atoms with Gasteiger partial charge in [-0.25, -0.2) is 0 Å². The van der Waals surface area contributed by atoms with Crippen LogP contribution in [-0.2, 0) is 0 Å². The van der Waals surface area contributed by atoms with Gasteiger partial charge in [-0.3, -0.25) is 0 Å². The Hall–Kier alpha value is -0.521. The van der Waals surface area contributed by atoms with Crippen LogP contribution in [0.2, 0.25) is 13.3 Å². The first-order valence-electron chi connectivity index (χ1n) is 9.13. The summed E-state index contributed by atoms with van der Waals surface area (Å²) in [4.78, 5) is 9.62. The molecule has 0 aromatic carbocycles. The molecule has 5 heteroatoms. The van der Waals surface area contributed by atoms with Crippen LogP contribution in [0.25, 0.3) is 0 Å². The van der Waals surface area contributed by atoms with Gasteiger partial charge in [0.05, 0.1) is 0 Å². The Kier molecular flexibility index (Phi) is 9.91. The maximum absolute atomic E-state index is 5.41. The molecular formula is C18H34N2O2Sn. The first-order chi connectivity index (χ1) is 11.2. The Morgan fingerprint density at radius 2 is 1.17 bits per heavy atom. The third kappa shape index (κ3) is 6.12. The Balaban J connectivity index is 3.26. The number of unbranched alkanes of at least 4 members (excludes halogenated alkanes) is 3. The summed E-state index contributed by atoms with van der Waals surface area (Å²) in [6.45, 7) is 6.84. The third-order valence-corrected chi connectivity index (χ3v) is 19.2. The fraction of sp³-hybridized carbons (Fsp3) is 0.778. The van der Waals surface area contributed by atoms with Crippen molar-refractivity contribution in [1.82, 2.24) is 9.97 Å². The van der Waals surface area contributed by atoms with Crippen LogP contribution in [0.4, 0.5) is 0 Å². The van der Waals surface area contributed by atoms with Crippen molar-refractivity contribution in [3.8, 4) is 11.8 Å². The van der Waals surface area contributed by atoms with E-state index in [0.717, 1.165) is 3.84 Å². The number of methoxy groups -OCH3 is 2. The summed E-state index contributed by atoms with van der Waals surface area (Å²) in [5.74, 6) is 1.30. The van der Waals surface area contributed by atoms with E-state index in [1.165, 1.54) is 51.8 Å². The molecule has 0 N–H and O–H groups in total. The van der Waals surface area contributed by atoms with Gasteiger partial charge in [0, 0.05) is 0 Å². The van der Waals surface area contributed by atoms with Crippen molar-refractivity contribution in [2.45, 2.75) is 72.6 Å². The average Bonchev–Trinajstić information content (AvgIpc) is 2.60. The summed E-state index contributed by atoms with van der Waals surface area (Å²) in [5.41, 5.74) is 0. The van der Waals surface area contributed by atoms with E-state index in [2.05, 4.69) is 20.8 Å². The van der Waals surface area contributed by atoms with E-state index in [-0.39, 0.29) is 0 Å². The van der Waals surface area contributed by atoms with Crippen molar-refractivity contribution in [1.29, 1.82) is 0 Å². The number of nitrogens with zero attached hydrogens (tertiary/aromatic N) is 2. The molecule has 23 heavy (non-hydrogen) atoms. The van der Waals surface area contributed by atoms with Crippen LogP contribution in [-0.4, -0.2) is 42.6 Å². The average molecular weight is 429 g/mol. The van der Waals surface area contributed by atoms with Gasteiger partial charge in [-0.2, -0.15) is 0 Å². The zero-order valence-corrected chi connectivity index (χ0v) is 18.5. The standard InChI is InChI=1S/C6H7N2O2.3C4H9.Sn/c1-9-5-3-6(10-2)8-4-7-5;3*1-3-4-2;/h3H,1-2H3;3*1,3-4H2,2H3;.